The van der Waals surface area contributed by atoms with Crippen LogP contribution in [0.3, 0.4) is 0 Å². The average molecular weight is 393 g/mol. The summed E-state index contributed by atoms with van der Waals surface area (Å²) in [6, 6.07) is 9.39. The zero-order chi connectivity index (χ0) is 20.4. The predicted octanol–water partition coefficient (Wildman–Crippen LogP) is 9.54. The van der Waals surface area contributed by atoms with Gasteiger partial charge in [0.15, 0.2) is 0 Å². The molecular weight excluding hydrogens is 348 g/mol. The van der Waals surface area contributed by atoms with Crippen LogP contribution in [0.2, 0.25) is 0 Å². The minimum atomic E-state index is 0.304. The van der Waals surface area contributed by atoms with Gasteiger partial charge in [-0.05, 0) is 48.0 Å². The van der Waals surface area contributed by atoms with E-state index in [1.54, 1.807) is 22.3 Å². The SMILES string of the molecule is CCCCCCCCC1(CCCCCCCC)C2=CCCC=C2c2ccccc21. The smallest absolute Gasteiger partial charge is 0.0211 e. The Balaban J connectivity index is 1.73. The van der Waals surface area contributed by atoms with Crippen molar-refractivity contribution in [3.63, 3.8) is 0 Å². The third-order valence-electron chi connectivity index (χ3n) is 7.32. The van der Waals surface area contributed by atoms with Crippen LogP contribution in [-0.2, 0) is 5.41 Å². The van der Waals surface area contributed by atoms with Crippen LogP contribution in [0.4, 0.5) is 0 Å². The van der Waals surface area contributed by atoms with Gasteiger partial charge >= 0.3 is 0 Å². The highest BCUT2D eigenvalue weighted by Crippen LogP contribution is 2.56. The molecule has 0 aromatic heterocycles. The van der Waals surface area contributed by atoms with Gasteiger partial charge in [0.2, 0.25) is 0 Å². The van der Waals surface area contributed by atoms with Gasteiger partial charge < -0.3 is 0 Å². The molecule has 3 rings (SSSR count). The summed E-state index contributed by atoms with van der Waals surface area (Å²) in [7, 11) is 0. The third kappa shape index (κ3) is 5.44. The van der Waals surface area contributed by atoms with Gasteiger partial charge in [-0.3, -0.25) is 0 Å². The fraction of sp³-hybridized carbons (Fsp3) is 0.655. The van der Waals surface area contributed by atoms with Crippen LogP contribution < -0.4 is 0 Å². The van der Waals surface area contributed by atoms with E-state index in [1.165, 1.54) is 103 Å². The van der Waals surface area contributed by atoms with Gasteiger partial charge in [0.05, 0.1) is 0 Å². The van der Waals surface area contributed by atoms with E-state index in [0.717, 1.165) is 0 Å². The van der Waals surface area contributed by atoms with E-state index >= 15 is 0 Å². The Kier molecular flexibility index (Phi) is 9.09. The van der Waals surface area contributed by atoms with E-state index in [4.69, 9.17) is 0 Å². The molecule has 0 bridgehead atoms. The number of allylic oxidation sites excluding steroid dienone is 4. The van der Waals surface area contributed by atoms with Crippen LogP contribution in [0.1, 0.15) is 128 Å². The maximum atomic E-state index is 2.61. The molecule has 0 spiro atoms. The molecule has 0 fully saturated rings. The Bertz CT molecular complexity index is 659. The Morgan fingerprint density at radius 1 is 0.655 bits per heavy atom. The molecule has 2 aliphatic carbocycles. The number of unbranched alkanes of at least 4 members (excludes halogenated alkanes) is 10. The minimum absolute atomic E-state index is 0.304. The van der Waals surface area contributed by atoms with Gasteiger partial charge in [0.25, 0.3) is 0 Å². The van der Waals surface area contributed by atoms with E-state index in [0.29, 0.717) is 5.41 Å². The van der Waals surface area contributed by atoms with Crippen molar-refractivity contribution in [1.82, 2.24) is 0 Å². The fourth-order valence-corrected chi connectivity index (χ4v) is 5.74. The maximum Gasteiger partial charge on any atom is 0.0211 e. The lowest BCUT2D eigenvalue weighted by Crippen LogP contribution is -2.26. The van der Waals surface area contributed by atoms with Crippen LogP contribution >= 0.6 is 0 Å². The summed E-state index contributed by atoms with van der Waals surface area (Å²) in [4.78, 5) is 0. The van der Waals surface area contributed by atoms with E-state index in [9.17, 15) is 0 Å². The molecule has 0 heterocycles. The number of hydrogen-bond acceptors (Lipinski definition) is 0. The van der Waals surface area contributed by atoms with Crippen LogP contribution in [0.5, 0.6) is 0 Å². The molecular formula is C29H44. The molecule has 0 atom stereocenters. The summed E-state index contributed by atoms with van der Waals surface area (Å²) in [5, 5.41) is 0. The number of rotatable bonds is 14. The lowest BCUT2D eigenvalue weighted by molar-refractivity contribution is 0.396. The van der Waals surface area contributed by atoms with Crippen molar-refractivity contribution >= 4 is 5.57 Å². The molecule has 2 aliphatic rings. The van der Waals surface area contributed by atoms with Crippen molar-refractivity contribution < 1.29 is 0 Å². The summed E-state index contributed by atoms with van der Waals surface area (Å²) in [5.74, 6) is 0. The minimum Gasteiger partial charge on any atom is -0.0795 e. The van der Waals surface area contributed by atoms with E-state index < -0.39 is 0 Å². The van der Waals surface area contributed by atoms with E-state index in [-0.39, 0.29) is 0 Å². The average Bonchev–Trinajstić information content (AvgIpc) is 3.04. The Morgan fingerprint density at radius 2 is 1.21 bits per heavy atom. The van der Waals surface area contributed by atoms with Gasteiger partial charge in [0.1, 0.15) is 0 Å². The molecule has 0 unspecified atom stereocenters. The fourth-order valence-electron chi connectivity index (χ4n) is 5.74. The Morgan fingerprint density at radius 3 is 1.86 bits per heavy atom. The second-order valence-corrected chi connectivity index (χ2v) is 9.48. The molecule has 0 saturated carbocycles. The Hall–Kier alpha value is -1.30. The summed E-state index contributed by atoms with van der Waals surface area (Å²) < 4.78 is 0. The van der Waals surface area contributed by atoms with Crippen LogP contribution in [-0.4, -0.2) is 0 Å². The lowest BCUT2D eigenvalue weighted by Gasteiger charge is -2.34. The molecule has 29 heavy (non-hydrogen) atoms. The molecule has 1 aromatic rings. The van der Waals surface area contributed by atoms with Crippen LogP contribution in [0.25, 0.3) is 5.57 Å². The molecule has 160 valence electrons. The first-order valence-corrected chi connectivity index (χ1v) is 12.8. The monoisotopic (exact) mass is 392 g/mol. The summed E-state index contributed by atoms with van der Waals surface area (Å²) in [6.45, 7) is 4.63. The summed E-state index contributed by atoms with van der Waals surface area (Å²) in [5.41, 5.74) is 6.80. The first kappa shape index (κ1) is 22.4. The molecule has 0 N–H and O–H groups in total. The van der Waals surface area contributed by atoms with Crippen molar-refractivity contribution in [2.24, 2.45) is 0 Å². The number of fused-ring (bicyclic) bond motifs is 3. The van der Waals surface area contributed by atoms with Gasteiger partial charge in [-0.1, -0.05) is 127 Å². The predicted molar refractivity (Wildman–Crippen MR) is 129 cm³/mol. The van der Waals surface area contributed by atoms with Gasteiger partial charge in [0, 0.05) is 5.41 Å². The second-order valence-electron chi connectivity index (χ2n) is 9.48. The molecule has 0 nitrogen and oxygen atoms in total. The van der Waals surface area contributed by atoms with Crippen LogP contribution in [0.15, 0.2) is 42.0 Å². The Labute approximate surface area is 180 Å². The van der Waals surface area contributed by atoms with Crippen molar-refractivity contribution in [3.05, 3.63) is 53.1 Å². The highest BCUT2D eigenvalue weighted by Gasteiger charge is 2.44. The second kappa shape index (κ2) is 11.8. The maximum absolute atomic E-state index is 2.61. The molecule has 0 saturated heterocycles. The molecule has 0 radical (unpaired) electrons. The molecule has 0 amide bonds. The van der Waals surface area contributed by atoms with Gasteiger partial charge in [-0.2, -0.15) is 0 Å². The molecule has 0 aliphatic heterocycles. The zero-order valence-corrected chi connectivity index (χ0v) is 19.3. The number of benzene rings is 1. The third-order valence-corrected chi connectivity index (χ3v) is 7.32. The van der Waals surface area contributed by atoms with Crippen molar-refractivity contribution in [3.8, 4) is 0 Å². The zero-order valence-electron chi connectivity index (χ0n) is 19.3. The van der Waals surface area contributed by atoms with Crippen LogP contribution in [0, 0.1) is 0 Å². The topological polar surface area (TPSA) is 0 Å². The van der Waals surface area contributed by atoms with Gasteiger partial charge in [-0.25, -0.2) is 0 Å². The van der Waals surface area contributed by atoms with E-state index in [1.807, 2.05) is 0 Å². The standard InChI is InChI=1S/C29H44/c1-3-5-7-9-11-17-23-29(24-18-12-10-8-6-4-2)27-21-15-13-19-25(27)26-20-14-16-22-28(26)29/h13,15,19-22H,3-12,14,16-18,23-24H2,1-2H3. The first-order valence-electron chi connectivity index (χ1n) is 12.8. The van der Waals surface area contributed by atoms with E-state index in [2.05, 4.69) is 50.3 Å². The highest BCUT2D eigenvalue weighted by atomic mass is 14.5. The lowest BCUT2D eigenvalue weighted by atomic mass is 9.69. The first-order chi connectivity index (χ1) is 14.3. The normalized spacial score (nSPS) is 16.9. The summed E-state index contributed by atoms with van der Waals surface area (Å²) >= 11 is 0. The molecule has 1 aromatic carbocycles. The van der Waals surface area contributed by atoms with Crippen molar-refractivity contribution in [1.29, 1.82) is 0 Å². The quantitative estimate of drug-likeness (QED) is 0.276. The molecule has 0 heteroatoms. The van der Waals surface area contributed by atoms with Crippen molar-refractivity contribution in [2.45, 2.75) is 122 Å². The highest BCUT2D eigenvalue weighted by molar-refractivity contribution is 5.90. The van der Waals surface area contributed by atoms with Crippen molar-refractivity contribution in [2.75, 3.05) is 0 Å². The summed E-state index contributed by atoms with van der Waals surface area (Å²) in [6.07, 6.45) is 27.1. The van der Waals surface area contributed by atoms with Gasteiger partial charge in [-0.15, -0.1) is 0 Å². The number of hydrogen-bond donors (Lipinski definition) is 0. The largest absolute Gasteiger partial charge is 0.0795 e.